The molecule has 0 aromatic carbocycles. The Balaban J connectivity index is 2.15. The van der Waals surface area contributed by atoms with Crippen molar-refractivity contribution in [2.45, 2.75) is 32.2 Å². The van der Waals surface area contributed by atoms with Gasteiger partial charge in [-0.3, -0.25) is 0 Å². The molecule has 0 spiro atoms. The predicted molar refractivity (Wildman–Crippen MR) is 74.2 cm³/mol. The van der Waals surface area contributed by atoms with Crippen LogP contribution in [0.1, 0.15) is 26.2 Å². The Hall–Kier alpha value is -0.770. The van der Waals surface area contributed by atoms with E-state index in [-0.39, 0.29) is 0 Å². The first-order chi connectivity index (χ1) is 8.36. The van der Waals surface area contributed by atoms with Crippen LogP contribution < -0.4 is 9.64 Å². The Morgan fingerprint density at radius 3 is 3.00 bits per heavy atom. The highest BCUT2D eigenvalue weighted by Gasteiger charge is 2.31. The van der Waals surface area contributed by atoms with E-state index in [1.54, 1.807) is 0 Å². The molecule has 2 rings (SSSR count). The number of pyridine rings is 1. The molecule has 1 aliphatic rings. The number of aromatic nitrogens is 1. The third kappa shape index (κ3) is 3.35. The zero-order valence-electron chi connectivity index (χ0n) is 10.2. The fourth-order valence-electron chi connectivity index (χ4n) is 1.86. The van der Waals surface area contributed by atoms with Crippen LogP contribution in [0.3, 0.4) is 0 Å². The van der Waals surface area contributed by atoms with Crippen molar-refractivity contribution >= 4 is 21.7 Å². The summed E-state index contributed by atoms with van der Waals surface area (Å²) in [7, 11) is 0. The van der Waals surface area contributed by atoms with Crippen LogP contribution in [0.4, 0.5) is 5.82 Å². The fraction of sp³-hybridized carbons (Fsp3) is 0.615. The smallest absolute Gasteiger partial charge is 0.171 e. The van der Waals surface area contributed by atoms with Gasteiger partial charge >= 0.3 is 0 Å². The Labute approximate surface area is 111 Å². The SMILES string of the molecule is CCCOc1cccnc1N(CCBr)C1CC1. The van der Waals surface area contributed by atoms with E-state index < -0.39 is 0 Å². The van der Waals surface area contributed by atoms with E-state index in [2.05, 4.69) is 32.7 Å². The lowest BCUT2D eigenvalue weighted by molar-refractivity contribution is 0.316. The molecule has 1 heterocycles. The van der Waals surface area contributed by atoms with Gasteiger partial charge in [0.25, 0.3) is 0 Å². The highest BCUT2D eigenvalue weighted by molar-refractivity contribution is 9.09. The molecule has 0 atom stereocenters. The lowest BCUT2D eigenvalue weighted by atomic mass is 10.3. The molecule has 0 unspecified atom stereocenters. The highest BCUT2D eigenvalue weighted by Crippen LogP contribution is 2.35. The van der Waals surface area contributed by atoms with Crippen LogP contribution in [0.15, 0.2) is 18.3 Å². The van der Waals surface area contributed by atoms with Crippen molar-refractivity contribution in [1.29, 1.82) is 0 Å². The van der Waals surface area contributed by atoms with Gasteiger partial charge in [0, 0.05) is 24.1 Å². The molecule has 3 nitrogen and oxygen atoms in total. The number of rotatable bonds is 7. The summed E-state index contributed by atoms with van der Waals surface area (Å²) < 4.78 is 5.77. The number of ether oxygens (including phenoxy) is 1. The number of hydrogen-bond donors (Lipinski definition) is 0. The molecule has 1 saturated carbocycles. The van der Waals surface area contributed by atoms with Crippen LogP contribution in [-0.4, -0.2) is 29.5 Å². The minimum absolute atomic E-state index is 0.659. The van der Waals surface area contributed by atoms with Crippen LogP contribution in [0, 0.1) is 0 Å². The van der Waals surface area contributed by atoms with E-state index in [9.17, 15) is 0 Å². The lowest BCUT2D eigenvalue weighted by Crippen LogP contribution is -2.29. The number of anilines is 1. The molecule has 0 amide bonds. The van der Waals surface area contributed by atoms with Crippen LogP contribution >= 0.6 is 15.9 Å². The van der Waals surface area contributed by atoms with Crippen LogP contribution in [0.2, 0.25) is 0 Å². The second-order valence-electron chi connectivity index (χ2n) is 4.29. The van der Waals surface area contributed by atoms with Crippen molar-refractivity contribution in [2.24, 2.45) is 0 Å². The second kappa shape index (κ2) is 6.24. The van der Waals surface area contributed by atoms with Gasteiger partial charge in [-0.2, -0.15) is 0 Å². The van der Waals surface area contributed by atoms with Gasteiger partial charge in [0.05, 0.1) is 6.61 Å². The van der Waals surface area contributed by atoms with Crippen LogP contribution in [0.5, 0.6) is 5.75 Å². The molecule has 1 aliphatic carbocycles. The van der Waals surface area contributed by atoms with Crippen molar-refractivity contribution in [3.8, 4) is 5.75 Å². The minimum atomic E-state index is 0.659. The van der Waals surface area contributed by atoms with Crippen molar-refractivity contribution in [2.75, 3.05) is 23.4 Å². The highest BCUT2D eigenvalue weighted by atomic mass is 79.9. The van der Waals surface area contributed by atoms with Gasteiger partial charge in [0.15, 0.2) is 11.6 Å². The molecule has 1 aromatic rings. The van der Waals surface area contributed by atoms with Crippen molar-refractivity contribution in [3.05, 3.63) is 18.3 Å². The third-order valence-electron chi connectivity index (χ3n) is 2.80. The van der Waals surface area contributed by atoms with E-state index in [1.807, 2.05) is 18.3 Å². The average Bonchev–Trinajstić information content (AvgIpc) is 3.18. The van der Waals surface area contributed by atoms with E-state index in [0.717, 1.165) is 36.5 Å². The molecule has 0 radical (unpaired) electrons. The first-order valence-corrected chi connectivity index (χ1v) is 7.39. The Morgan fingerprint density at radius 1 is 1.53 bits per heavy atom. The Morgan fingerprint density at radius 2 is 2.35 bits per heavy atom. The normalized spacial score (nSPS) is 14.7. The summed E-state index contributed by atoms with van der Waals surface area (Å²) in [6, 6.07) is 4.61. The monoisotopic (exact) mass is 298 g/mol. The summed E-state index contributed by atoms with van der Waals surface area (Å²) in [6.45, 7) is 3.86. The summed E-state index contributed by atoms with van der Waals surface area (Å²) in [4.78, 5) is 6.85. The Bertz CT molecular complexity index is 355. The summed E-state index contributed by atoms with van der Waals surface area (Å²) in [5.74, 6) is 1.92. The van der Waals surface area contributed by atoms with Crippen molar-refractivity contribution in [1.82, 2.24) is 4.98 Å². The minimum Gasteiger partial charge on any atom is -0.490 e. The van der Waals surface area contributed by atoms with E-state index >= 15 is 0 Å². The Kier molecular flexibility index (Phi) is 4.66. The van der Waals surface area contributed by atoms with Crippen molar-refractivity contribution in [3.63, 3.8) is 0 Å². The first kappa shape index (κ1) is 12.7. The maximum absolute atomic E-state index is 5.77. The first-order valence-electron chi connectivity index (χ1n) is 6.27. The molecule has 0 bridgehead atoms. The standard InChI is InChI=1S/C13H19BrN2O/c1-2-10-17-12-4-3-8-15-13(12)16(9-7-14)11-5-6-11/h3-4,8,11H,2,5-7,9-10H2,1H3. The lowest BCUT2D eigenvalue weighted by Gasteiger charge is -2.24. The second-order valence-corrected chi connectivity index (χ2v) is 5.08. The maximum atomic E-state index is 5.77. The molecule has 1 aromatic heterocycles. The maximum Gasteiger partial charge on any atom is 0.171 e. The molecule has 94 valence electrons. The third-order valence-corrected chi connectivity index (χ3v) is 3.15. The van der Waals surface area contributed by atoms with Gasteiger partial charge in [-0.05, 0) is 31.4 Å². The topological polar surface area (TPSA) is 25.4 Å². The summed E-state index contributed by atoms with van der Waals surface area (Å²) in [5.41, 5.74) is 0. The largest absolute Gasteiger partial charge is 0.490 e. The summed E-state index contributed by atoms with van der Waals surface area (Å²) in [6.07, 6.45) is 5.42. The predicted octanol–water partition coefficient (Wildman–Crippen LogP) is 3.23. The zero-order valence-corrected chi connectivity index (χ0v) is 11.8. The van der Waals surface area contributed by atoms with Gasteiger partial charge in [0.2, 0.25) is 0 Å². The molecule has 0 N–H and O–H groups in total. The van der Waals surface area contributed by atoms with E-state index in [4.69, 9.17) is 4.74 Å². The average molecular weight is 299 g/mol. The summed E-state index contributed by atoms with van der Waals surface area (Å²) in [5, 5.41) is 0.966. The molecule has 0 aliphatic heterocycles. The number of hydrogen-bond acceptors (Lipinski definition) is 3. The van der Waals surface area contributed by atoms with E-state index in [0.29, 0.717) is 6.04 Å². The molecular formula is C13H19BrN2O. The van der Waals surface area contributed by atoms with Gasteiger partial charge in [-0.15, -0.1) is 0 Å². The number of nitrogens with zero attached hydrogens (tertiary/aromatic N) is 2. The molecule has 1 fully saturated rings. The van der Waals surface area contributed by atoms with Gasteiger partial charge < -0.3 is 9.64 Å². The van der Waals surface area contributed by atoms with E-state index in [1.165, 1.54) is 12.8 Å². The molecule has 17 heavy (non-hydrogen) atoms. The van der Waals surface area contributed by atoms with Gasteiger partial charge in [0.1, 0.15) is 0 Å². The van der Waals surface area contributed by atoms with Gasteiger partial charge in [-0.1, -0.05) is 22.9 Å². The summed E-state index contributed by atoms with van der Waals surface area (Å²) >= 11 is 3.51. The number of halogens is 1. The molecule has 4 heteroatoms. The zero-order chi connectivity index (χ0) is 12.1. The van der Waals surface area contributed by atoms with Gasteiger partial charge in [-0.25, -0.2) is 4.98 Å². The van der Waals surface area contributed by atoms with Crippen molar-refractivity contribution < 1.29 is 4.74 Å². The molecular weight excluding hydrogens is 280 g/mol. The van der Waals surface area contributed by atoms with Crippen LogP contribution in [-0.2, 0) is 0 Å². The number of alkyl halides is 1. The van der Waals surface area contributed by atoms with Crippen LogP contribution in [0.25, 0.3) is 0 Å². The fourth-order valence-corrected chi connectivity index (χ4v) is 2.24. The quantitative estimate of drug-likeness (QED) is 0.723. The molecule has 0 saturated heterocycles.